The molecule has 0 saturated carbocycles. The van der Waals surface area contributed by atoms with Crippen LogP contribution in [0.1, 0.15) is 34.8 Å². The summed E-state index contributed by atoms with van der Waals surface area (Å²) >= 11 is 0. The van der Waals surface area contributed by atoms with Gasteiger partial charge in [0.15, 0.2) is 0 Å². The Bertz CT molecular complexity index is 713. The zero-order chi connectivity index (χ0) is 16.1. The van der Waals surface area contributed by atoms with Crippen molar-refractivity contribution in [1.29, 1.82) is 0 Å². The Labute approximate surface area is 135 Å². The van der Waals surface area contributed by atoms with Gasteiger partial charge in [0, 0.05) is 24.9 Å². The van der Waals surface area contributed by atoms with Gasteiger partial charge in [-0.2, -0.15) is 0 Å². The van der Waals surface area contributed by atoms with E-state index in [1.807, 2.05) is 24.3 Å². The highest BCUT2D eigenvalue weighted by molar-refractivity contribution is 5.90. The number of carbonyl (C=O) groups excluding carboxylic acids is 1. The molecule has 1 heterocycles. The molecule has 0 fully saturated rings. The third-order valence-electron chi connectivity index (χ3n) is 4.04. The smallest absolute Gasteiger partial charge is 0.267 e. The summed E-state index contributed by atoms with van der Waals surface area (Å²) in [4.78, 5) is 15.4. The van der Waals surface area contributed by atoms with Gasteiger partial charge in [0.05, 0.1) is 5.69 Å². The number of amides is 1. The molecule has 3 rings (SSSR count). The van der Waals surface area contributed by atoms with Crippen molar-refractivity contribution < 1.29 is 10.0 Å². The van der Waals surface area contributed by atoms with Gasteiger partial charge < -0.3 is 5.32 Å². The summed E-state index contributed by atoms with van der Waals surface area (Å²) in [6.45, 7) is 0.753. The molecule has 1 aliphatic carbocycles. The lowest BCUT2D eigenvalue weighted by atomic mass is 10.0. The van der Waals surface area contributed by atoms with Gasteiger partial charge in [-0.15, -0.1) is 0 Å². The van der Waals surface area contributed by atoms with Crippen molar-refractivity contribution in [2.45, 2.75) is 25.4 Å². The first kappa shape index (κ1) is 15.4. The van der Waals surface area contributed by atoms with Crippen LogP contribution in [-0.2, 0) is 17.8 Å². The molecule has 1 aliphatic rings. The Morgan fingerprint density at radius 2 is 2.26 bits per heavy atom. The summed E-state index contributed by atoms with van der Waals surface area (Å²) in [5.74, 6) is -0.527. The molecule has 0 saturated heterocycles. The molecule has 2 aromatic rings. The van der Waals surface area contributed by atoms with Crippen molar-refractivity contribution in [2.75, 3.05) is 0 Å². The zero-order valence-electron chi connectivity index (χ0n) is 12.7. The van der Waals surface area contributed by atoms with Crippen molar-refractivity contribution >= 4 is 12.0 Å². The van der Waals surface area contributed by atoms with Gasteiger partial charge in [0.2, 0.25) is 0 Å². The molecule has 1 atom stereocenters. The third kappa shape index (κ3) is 3.83. The van der Waals surface area contributed by atoms with Gasteiger partial charge in [-0.05, 0) is 47.7 Å². The first-order valence-electron chi connectivity index (χ1n) is 7.64. The molecule has 0 spiro atoms. The van der Waals surface area contributed by atoms with Crippen LogP contribution in [0.3, 0.4) is 0 Å². The maximum Gasteiger partial charge on any atom is 0.267 e. The van der Waals surface area contributed by atoms with Gasteiger partial charge in [-0.3, -0.25) is 15.0 Å². The average molecular weight is 309 g/mol. The first-order chi connectivity index (χ1) is 11.3. The van der Waals surface area contributed by atoms with E-state index >= 15 is 0 Å². The second-order valence-corrected chi connectivity index (χ2v) is 5.56. The molecule has 0 radical (unpaired) electrons. The lowest BCUT2D eigenvalue weighted by Crippen LogP contribution is -2.19. The fourth-order valence-corrected chi connectivity index (χ4v) is 2.89. The minimum Gasteiger partial charge on any atom is -0.304 e. The fraction of sp³-hybridized carbons (Fsp3) is 0.222. The van der Waals surface area contributed by atoms with Crippen LogP contribution in [0, 0.1) is 0 Å². The molecular formula is C18H19N3O2. The van der Waals surface area contributed by atoms with Crippen molar-refractivity contribution in [1.82, 2.24) is 15.8 Å². The van der Waals surface area contributed by atoms with Gasteiger partial charge in [-0.25, -0.2) is 5.48 Å². The summed E-state index contributed by atoms with van der Waals surface area (Å²) in [6, 6.07) is 12.5. The van der Waals surface area contributed by atoms with E-state index in [4.69, 9.17) is 5.21 Å². The molecule has 0 aliphatic heterocycles. The number of hydroxylamine groups is 1. The molecule has 0 bridgehead atoms. The Balaban J connectivity index is 1.66. The topological polar surface area (TPSA) is 74.2 Å². The van der Waals surface area contributed by atoms with E-state index in [1.54, 1.807) is 17.8 Å². The second-order valence-electron chi connectivity index (χ2n) is 5.56. The highest BCUT2D eigenvalue weighted by Gasteiger charge is 2.21. The van der Waals surface area contributed by atoms with Gasteiger partial charge in [0.1, 0.15) is 0 Å². The highest BCUT2D eigenvalue weighted by atomic mass is 16.5. The monoisotopic (exact) mass is 309 g/mol. The summed E-state index contributed by atoms with van der Waals surface area (Å²) in [7, 11) is 0. The predicted molar refractivity (Wildman–Crippen MR) is 87.5 cm³/mol. The second kappa shape index (κ2) is 7.17. The molecule has 1 unspecified atom stereocenters. The number of hydrogen-bond donors (Lipinski definition) is 3. The number of nitrogens with zero attached hydrogens (tertiary/aromatic N) is 1. The molecule has 1 aromatic heterocycles. The largest absolute Gasteiger partial charge is 0.304 e. The van der Waals surface area contributed by atoms with Gasteiger partial charge >= 0.3 is 0 Å². The van der Waals surface area contributed by atoms with Crippen LogP contribution in [0.4, 0.5) is 0 Å². The molecule has 5 nitrogen and oxygen atoms in total. The fourth-order valence-electron chi connectivity index (χ4n) is 2.89. The van der Waals surface area contributed by atoms with Crippen molar-refractivity contribution in [2.24, 2.45) is 0 Å². The molecule has 5 heteroatoms. The van der Waals surface area contributed by atoms with Crippen LogP contribution in [0.2, 0.25) is 0 Å². The lowest BCUT2D eigenvalue weighted by molar-refractivity contribution is -0.124. The van der Waals surface area contributed by atoms with Crippen LogP contribution in [-0.4, -0.2) is 16.1 Å². The number of aryl methyl sites for hydroxylation is 1. The number of aromatic nitrogens is 1. The van der Waals surface area contributed by atoms with E-state index in [1.165, 1.54) is 17.2 Å². The van der Waals surface area contributed by atoms with Crippen LogP contribution >= 0.6 is 0 Å². The number of rotatable bonds is 5. The minimum absolute atomic E-state index is 0.339. The first-order valence-corrected chi connectivity index (χ1v) is 7.64. The summed E-state index contributed by atoms with van der Waals surface area (Å²) < 4.78 is 0. The van der Waals surface area contributed by atoms with Gasteiger partial charge in [0.25, 0.3) is 5.91 Å². The van der Waals surface area contributed by atoms with Crippen molar-refractivity contribution in [3.63, 3.8) is 0 Å². The minimum atomic E-state index is -0.527. The number of hydrogen-bond acceptors (Lipinski definition) is 4. The van der Waals surface area contributed by atoms with Gasteiger partial charge in [-0.1, -0.05) is 24.3 Å². The number of nitrogens with one attached hydrogen (secondary N) is 2. The summed E-state index contributed by atoms with van der Waals surface area (Å²) in [5, 5.41) is 12.0. The van der Waals surface area contributed by atoms with E-state index in [2.05, 4.69) is 22.4 Å². The van der Waals surface area contributed by atoms with E-state index in [9.17, 15) is 4.79 Å². The van der Waals surface area contributed by atoms with Crippen LogP contribution in [0.15, 0.2) is 48.7 Å². The number of pyridine rings is 1. The van der Waals surface area contributed by atoms with E-state index in [0.717, 1.165) is 30.6 Å². The Morgan fingerprint density at radius 3 is 3.04 bits per heavy atom. The highest BCUT2D eigenvalue weighted by Crippen LogP contribution is 2.32. The number of carbonyl (C=O) groups is 1. The Hall–Kier alpha value is -2.50. The third-order valence-corrected chi connectivity index (χ3v) is 4.04. The van der Waals surface area contributed by atoms with Crippen LogP contribution in [0.5, 0.6) is 0 Å². The molecule has 1 aromatic carbocycles. The normalized spacial score (nSPS) is 16.5. The van der Waals surface area contributed by atoms with Crippen molar-refractivity contribution in [3.8, 4) is 0 Å². The summed E-state index contributed by atoms with van der Waals surface area (Å²) in [5.41, 5.74) is 6.19. The summed E-state index contributed by atoms with van der Waals surface area (Å²) in [6.07, 6.45) is 6.89. The van der Waals surface area contributed by atoms with Crippen LogP contribution < -0.4 is 10.8 Å². The molecule has 1 amide bonds. The van der Waals surface area contributed by atoms with E-state index < -0.39 is 5.91 Å². The van der Waals surface area contributed by atoms with E-state index in [0.29, 0.717) is 6.04 Å². The number of benzene rings is 1. The lowest BCUT2D eigenvalue weighted by Gasteiger charge is -2.14. The quantitative estimate of drug-likeness (QED) is 0.450. The van der Waals surface area contributed by atoms with E-state index in [-0.39, 0.29) is 0 Å². The molecule has 23 heavy (non-hydrogen) atoms. The Morgan fingerprint density at radius 1 is 1.35 bits per heavy atom. The Kier molecular flexibility index (Phi) is 4.80. The molecule has 118 valence electrons. The maximum absolute atomic E-state index is 11.0. The zero-order valence-corrected chi connectivity index (χ0v) is 12.7. The standard InChI is InChI=1S/C18H19N3O2/c22-18(21-23)9-5-13-4-7-16-14(11-13)6-8-17(16)20-12-15-3-1-2-10-19-15/h1-5,7,9-11,17,20,23H,6,8,12H2,(H,21,22)/b9-5+. The average Bonchev–Trinajstić information content (AvgIpc) is 3.01. The maximum atomic E-state index is 11.0. The predicted octanol–water partition coefficient (Wildman–Crippen LogP) is 2.38. The number of fused-ring (bicyclic) bond motifs is 1. The van der Waals surface area contributed by atoms with Crippen LogP contribution in [0.25, 0.3) is 6.08 Å². The molecule has 3 N–H and O–H groups in total. The molecular weight excluding hydrogens is 290 g/mol. The van der Waals surface area contributed by atoms with Crippen molar-refractivity contribution in [3.05, 3.63) is 71.1 Å². The SMILES string of the molecule is O=C(/C=C/c1ccc2c(c1)CCC2NCc1ccccn1)NO.